The summed E-state index contributed by atoms with van der Waals surface area (Å²) >= 11 is 1.49. The molecule has 5 heteroatoms. The molecule has 2 rings (SSSR count). The monoisotopic (exact) mass is 266 g/mol. The summed E-state index contributed by atoms with van der Waals surface area (Å²) in [5, 5.41) is 9.41. The predicted molar refractivity (Wildman–Crippen MR) is 71.7 cm³/mol. The van der Waals surface area contributed by atoms with Gasteiger partial charge in [0, 0.05) is 30.0 Å². The molecule has 1 aliphatic rings. The fourth-order valence-electron chi connectivity index (χ4n) is 2.16. The maximum absolute atomic E-state index is 11.6. The molecule has 98 valence electrons. The zero-order chi connectivity index (χ0) is 12.8. The van der Waals surface area contributed by atoms with Crippen molar-refractivity contribution in [1.82, 2.24) is 10.6 Å². The van der Waals surface area contributed by atoms with Gasteiger partial charge < -0.3 is 10.6 Å². The minimum Gasteiger partial charge on any atom is -0.353 e. The summed E-state index contributed by atoms with van der Waals surface area (Å²) < 4.78 is 0. The second-order valence-electron chi connectivity index (χ2n) is 4.57. The molecule has 1 aromatic heterocycles. The Labute approximate surface area is 111 Å². The summed E-state index contributed by atoms with van der Waals surface area (Å²) in [4.78, 5) is 23.2. The quantitative estimate of drug-likeness (QED) is 0.855. The first-order valence-corrected chi connectivity index (χ1v) is 7.30. The Morgan fingerprint density at radius 3 is 2.78 bits per heavy atom. The summed E-state index contributed by atoms with van der Waals surface area (Å²) in [6.07, 6.45) is 4.95. The molecule has 1 heterocycles. The van der Waals surface area contributed by atoms with Gasteiger partial charge in [-0.2, -0.15) is 11.3 Å². The van der Waals surface area contributed by atoms with Crippen LogP contribution >= 0.6 is 11.3 Å². The van der Waals surface area contributed by atoms with E-state index in [0.29, 0.717) is 24.6 Å². The van der Waals surface area contributed by atoms with Gasteiger partial charge in [-0.15, -0.1) is 0 Å². The van der Waals surface area contributed by atoms with E-state index in [1.807, 2.05) is 5.38 Å². The number of amides is 2. The fourth-order valence-corrected chi connectivity index (χ4v) is 2.79. The smallest absolute Gasteiger partial charge is 0.252 e. The molecule has 4 nitrogen and oxygen atoms in total. The van der Waals surface area contributed by atoms with Gasteiger partial charge in [-0.25, -0.2) is 0 Å². The highest BCUT2D eigenvalue weighted by Gasteiger charge is 2.16. The molecule has 0 spiro atoms. The summed E-state index contributed by atoms with van der Waals surface area (Å²) in [7, 11) is 0. The van der Waals surface area contributed by atoms with Crippen molar-refractivity contribution in [3.05, 3.63) is 22.4 Å². The van der Waals surface area contributed by atoms with Gasteiger partial charge in [0.15, 0.2) is 0 Å². The van der Waals surface area contributed by atoms with E-state index in [1.54, 1.807) is 11.4 Å². The third kappa shape index (κ3) is 3.84. The van der Waals surface area contributed by atoms with E-state index in [1.165, 1.54) is 24.2 Å². The maximum Gasteiger partial charge on any atom is 0.252 e. The second kappa shape index (κ2) is 6.54. The van der Waals surface area contributed by atoms with Crippen LogP contribution in [0.15, 0.2) is 16.8 Å². The lowest BCUT2D eigenvalue weighted by atomic mass is 10.2. The van der Waals surface area contributed by atoms with Crippen molar-refractivity contribution >= 4 is 23.2 Å². The molecule has 1 fully saturated rings. The largest absolute Gasteiger partial charge is 0.353 e. The summed E-state index contributed by atoms with van der Waals surface area (Å²) in [5.74, 6) is -0.0718. The average Bonchev–Trinajstić information content (AvgIpc) is 3.00. The zero-order valence-corrected chi connectivity index (χ0v) is 11.1. The molecular weight excluding hydrogens is 248 g/mol. The Hall–Kier alpha value is -1.36. The lowest BCUT2D eigenvalue weighted by Gasteiger charge is -2.11. The van der Waals surface area contributed by atoms with Crippen LogP contribution in [0.25, 0.3) is 0 Å². The van der Waals surface area contributed by atoms with Crippen molar-refractivity contribution in [1.29, 1.82) is 0 Å². The van der Waals surface area contributed by atoms with Gasteiger partial charge in [-0.05, 0) is 24.3 Å². The molecular formula is C13H18N2O2S. The minimum atomic E-state index is -0.107. The van der Waals surface area contributed by atoms with Crippen molar-refractivity contribution in [3.8, 4) is 0 Å². The topological polar surface area (TPSA) is 58.2 Å². The molecule has 0 aliphatic heterocycles. The molecule has 0 atom stereocenters. The highest BCUT2D eigenvalue weighted by molar-refractivity contribution is 7.08. The van der Waals surface area contributed by atoms with E-state index in [-0.39, 0.29) is 11.8 Å². The molecule has 0 unspecified atom stereocenters. The first-order chi connectivity index (χ1) is 8.75. The van der Waals surface area contributed by atoms with Crippen molar-refractivity contribution in [3.63, 3.8) is 0 Å². The standard InChI is InChI=1S/C13H18N2O2S/c16-12(15-11-3-1-2-4-11)5-7-14-13(17)10-6-8-18-9-10/h6,8-9,11H,1-5,7H2,(H,14,17)(H,15,16). The summed E-state index contributed by atoms with van der Waals surface area (Å²) in [5.41, 5.74) is 0.663. The highest BCUT2D eigenvalue weighted by Crippen LogP contribution is 2.17. The van der Waals surface area contributed by atoms with Crippen LogP contribution in [-0.2, 0) is 4.79 Å². The number of hydrogen-bond donors (Lipinski definition) is 2. The van der Waals surface area contributed by atoms with Gasteiger partial charge >= 0.3 is 0 Å². The van der Waals surface area contributed by atoms with E-state index < -0.39 is 0 Å². The van der Waals surface area contributed by atoms with Gasteiger partial charge in [0.1, 0.15) is 0 Å². The van der Waals surface area contributed by atoms with Crippen molar-refractivity contribution in [2.75, 3.05) is 6.54 Å². The molecule has 1 aliphatic carbocycles. The first kappa shape index (κ1) is 13.1. The second-order valence-corrected chi connectivity index (χ2v) is 5.35. The summed E-state index contributed by atoms with van der Waals surface area (Å²) in [6.45, 7) is 0.396. The molecule has 0 bridgehead atoms. The van der Waals surface area contributed by atoms with Gasteiger partial charge in [0.05, 0.1) is 0 Å². The molecule has 2 amide bonds. The molecule has 0 saturated heterocycles. The van der Waals surface area contributed by atoms with Crippen LogP contribution in [0.2, 0.25) is 0 Å². The number of carbonyl (C=O) groups is 2. The van der Waals surface area contributed by atoms with Crippen LogP contribution in [0.5, 0.6) is 0 Å². The van der Waals surface area contributed by atoms with Gasteiger partial charge in [0.2, 0.25) is 5.91 Å². The number of hydrogen-bond acceptors (Lipinski definition) is 3. The minimum absolute atomic E-state index is 0.0347. The van der Waals surface area contributed by atoms with Crippen molar-refractivity contribution < 1.29 is 9.59 Å². The van der Waals surface area contributed by atoms with Crippen LogP contribution in [0.4, 0.5) is 0 Å². The normalized spacial score (nSPS) is 15.6. The number of rotatable bonds is 5. The lowest BCUT2D eigenvalue weighted by molar-refractivity contribution is -0.121. The van der Waals surface area contributed by atoms with Crippen molar-refractivity contribution in [2.45, 2.75) is 38.1 Å². The van der Waals surface area contributed by atoms with Crippen LogP contribution in [-0.4, -0.2) is 24.4 Å². The molecule has 0 aromatic carbocycles. The van der Waals surface area contributed by atoms with Crippen molar-refractivity contribution in [2.24, 2.45) is 0 Å². The Kier molecular flexibility index (Phi) is 4.75. The Balaban J connectivity index is 1.62. The molecule has 18 heavy (non-hydrogen) atoms. The molecule has 1 aromatic rings. The Morgan fingerprint density at radius 2 is 2.11 bits per heavy atom. The van der Waals surface area contributed by atoms with E-state index in [4.69, 9.17) is 0 Å². The van der Waals surface area contributed by atoms with Crippen LogP contribution in [0.1, 0.15) is 42.5 Å². The van der Waals surface area contributed by atoms with E-state index in [2.05, 4.69) is 10.6 Å². The van der Waals surface area contributed by atoms with Crippen LogP contribution in [0, 0.1) is 0 Å². The van der Waals surface area contributed by atoms with E-state index >= 15 is 0 Å². The molecule has 0 radical (unpaired) electrons. The molecule has 2 N–H and O–H groups in total. The van der Waals surface area contributed by atoms with E-state index in [9.17, 15) is 9.59 Å². The first-order valence-electron chi connectivity index (χ1n) is 6.35. The third-order valence-corrected chi connectivity index (χ3v) is 3.82. The molecule has 1 saturated carbocycles. The Morgan fingerprint density at radius 1 is 1.33 bits per heavy atom. The zero-order valence-electron chi connectivity index (χ0n) is 10.3. The third-order valence-electron chi connectivity index (χ3n) is 3.14. The van der Waals surface area contributed by atoms with E-state index in [0.717, 1.165) is 12.8 Å². The number of carbonyl (C=O) groups excluding carboxylic acids is 2. The highest BCUT2D eigenvalue weighted by atomic mass is 32.1. The Bertz CT molecular complexity index is 397. The number of nitrogens with one attached hydrogen (secondary N) is 2. The van der Waals surface area contributed by atoms with Gasteiger partial charge in [-0.1, -0.05) is 12.8 Å². The SMILES string of the molecule is O=C(CCNC(=O)c1ccsc1)NC1CCCC1. The summed E-state index contributed by atoms with van der Waals surface area (Å²) in [6, 6.07) is 2.13. The fraction of sp³-hybridized carbons (Fsp3) is 0.538. The average molecular weight is 266 g/mol. The number of thiophene rings is 1. The predicted octanol–water partition coefficient (Wildman–Crippen LogP) is 1.93. The van der Waals surface area contributed by atoms with Crippen LogP contribution in [0.3, 0.4) is 0 Å². The van der Waals surface area contributed by atoms with Crippen LogP contribution < -0.4 is 10.6 Å². The lowest BCUT2D eigenvalue weighted by Crippen LogP contribution is -2.35. The van der Waals surface area contributed by atoms with Gasteiger partial charge in [-0.3, -0.25) is 9.59 Å². The maximum atomic E-state index is 11.6. The van der Waals surface area contributed by atoms with Gasteiger partial charge in [0.25, 0.3) is 5.91 Å².